The summed E-state index contributed by atoms with van der Waals surface area (Å²) >= 11 is 1.58. The van der Waals surface area contributed by atoms with Gasteiger partial charge in [0.15, 0.2) is 5.82 Å². The monoisotopic (exact) mass is 322 g/mol. The van der Waals surface area contributed by atoms with E-state index < -0.39 is 6.61 Å². The SMILES string of the molecule is FC(F)Oc1ccc(C2=Nn3c(nnc3C3CC3)SC2)cc1. The van der Waals surface area contributed by atoms with Gasteiger partial charge in [-0.3, -0.25) is 0 Å². The van der Waals surface area contributed by atoms with Crippen molar-refractivity contribution < 1.29 is 13.5 Å². The summed E-state index contributed by atoms with van der Waals surface area (Å²) in [6.07, 6.45) is 2.26. The number of fused-ring (bicyclic) bond motifs is 1. The summed E-state index contributed by atoms with van der Waals surface area (Å²) in [6.45, 7) is -2.81. The van der Waals surface area contributed by atoms with Crippen LogP contribution in [0.25, 0.3) is 0 Å². The van der Waals surface area contributed by atoms with Gasteiger partial charge in [0.1, 0.15) is 5.75 Å². The highest BCUT2D eigenvalue weighted by Crippen LogP contribution is 2.40. The van der Waals surface area contributed by atoms with E-state index in [9.17, 15) is 8.78 Å². The van der Waals surface area contributed by atoms with E-state index in [1.807, 2.05) is 4.68 Å². The van der Waals surface area contributed by atoms with Crippen molar-refractivity contribution in [3.8, 4) is 5.75 Å². The largest absolute Gasteiger partial charge is 0.435 e. The maximum absolute atomic E-state index is 12.2. The summed E-state index contributed by atoms with van der Waals surface area (Å²) in [6, 6.07) is 6.53. The lowest BCUT2D eigenvalue weighted by Gasteiger charge is -2.14. The number of thioether (sulfide) groups is 1. The van der Waals surface area contributed by atoms with E-state index in [0.29, 0.717) is 11.7 Å². The van der Waals surface area contributed by atoms with Gasteiger partial charge in [0.2, 0.25) is 5.16 Å². The summed E-state index contributed by atoms with van der Waals surface area (Å²) in [5.41, 5.74) is 1.76. The average Bonchev–Trinajstić information content (AvgIpc) is 3.27. The van der Waals surface area contributed by atoms with Gasteiger partial charge in [-0.25, -0.2) is 0 Å². The molecule has 8 heteroatoms. The molecule has 1 aromatic carbocycles. The van der Waals surface area contributed by atoms with Gasteiger partial charge in [0, 0.05) is 11.7 Å². The van der Waals surface area contributed by atoms with Crippen molar-refractivity contribution in [3.63, 3.8) is 0 Å². The van der Waals surface area contributed by atoms with Crippen LogP contribution < -0.4 is 4.74 Å². The first-order chi connectivity index (χ1) is 10.7. The van der Waals surface area contributed by atoms with E-state index in [1.165, 1.54) is 12.1 Å². The predicted octanol–water partition coefficient (Wildman–Crippen LogP) is 3.12. The molecule has 22 heavy (non-hydrogen) atoms. The highest BCUT2D eigenvalue weighted by molar-refractivity contribution is 7.99. The molecule has 0 bridgehead atoms. The Morgan fingerprint density at radius 1 is 1.18 bits per heavy atom. The molecule has 0 N–H and O–H groups in total. The summed E-state index contributed by atoms with van der Waals surface area (Å²) in [4.78, 5) is 0. The Morgan fingerprint density at radius 3 is 2.64 bits per heavy atom. The molecule has 1 saturated carbocycles. The molecule has 1 fully saturated rings. The standard InChI is InChI=1S/C14H12F2N4OS/c15-13(16)21-10-5-3-8(4-6-10)11-7-22-14-18-17-12(9-1-2-9)20(14)19-11/h3-6,9,13H,1-2,7H2. The summed E-state index contributed by atoms with van der Waals surface area (Å²) < 4.78 is 30.5. The molecule has 1 aromatic heterocycles. The molecule has 0 atom stereocenters. The molecule has 2 aliphatic rings. The van der Waals surface area contributed by atoms with Crippen molar-refractivity contribution >= 4 is 17.5 Å². The molecule has 114 valence electrons. The minimum absolute atomic E-state index is 0.145. The minimum atomic E-state index is -2.81. The number of ether oxygens (including phenoxy) is 1. The normalized spacial score (nSPS) is 17.3. The van der Waals surface area contributed by atoms with E-state index in [1.54, 1.807) is 23.9 Å². The lowest BCUT2D eigenvalue weighted by molar-refractivity contribution is -0.0498. The van der Waals surface area contributed by atoms with Gasteiger partial charge >= 0.3 is 6.61 Å². The Balaban J connectivity index is 1.62. The molecule has 2 aromatic rings. The molecule has 4 rings (SSSR count). The van der Waals surface area contributed by atoms with E-state index >= 15 is 0 Å². The first-order valence-electron chi connectivity index (χ1n) is 6.92. The van der Waals surface area contributed by atoms with Crippen LogP contribution in [-0.4, -0.2) is 32.9 Å². The Hall–Kier alpha value is -1.96. The quantitative estimate of drug-likeness (QED) is 0.868. The number of benzene rings is 1. The van der Waals surface area contributed by atoms with Gasteiger partial charge in [0.05, 0.1) is 5.71 Å². The first kappa shape index (κ1) is 13.7. The smallest absolute Gasteiger partial charge is 0.387 e. The van der Waals surface area contributed by atoms with Crippen LogP contribution in [0.4, 0.5) is 8.78 Å². The summed E-state index contributed by atoms with van der Waals surface area (Å²) in [5, 5.41) is 13.8. The number of nitrogens with zero attached hydrogens (tertiary/aromatic N) is 4. The minimum Gasteiger partial charge on any atom is -0.435 e. The van der Waals surface area contributed by atoms with Crippen LogP contribution in [0.5, 0.6) is 5.75 Å². The van der Waals surface area contributed by atoms with Crippen LogP contribution in [0.2, 0.25) is 0 Å². The van der Waals surface area contributed by atoms with Crippen LogP contribution in [0.3, 0.4) is 0 Å². The number of halogens is 2. The highest BCUT2D eigenvalue weighted by atomic mass is 32.2. The molecular formula is C14H12F2N4OS. The van der Waals surface area contributed by atoms with Gasteiger partial charge in [-0.2, -0.15) is 18.6 Å². The van der Waals surface area contributed by atoms with Crippen molar-refractivity contribution in [2.75, 3.05) is 5.75 Å². The number of hydrogen-bond acceptors (Lipinski definition) is 5. The number of aromatic nitrogens is 3. The van der Waals surface area contributed by atoms with Crippen molar-refractivity contribution in [2.24, 2.45) is 5.10 Å². The molecule has 0 radical (unpaired) electrons. The molecule has 5 nitrogen and oxygen atoms in total. The first-order valence-corrected chi connectivity index (χ1v) is 7.90. The molecule has 0 saturated heterocycles. The third-order valence-electron chi connectivity index (χ3n) is 3.55. The zero-order valence-corrected chi connectivity index (χ0v) is 12.3. The molecule has 1 aliphatic heterocycles. The second-order valence-corrected chi connectivity index (χ2v) is 6.11. The molecular weight excluding hydrogens is 310 g/mol. The van der Waals surface area contributed by atoms with E-state index in [4.69, 9.17) is 0 Å². The molecule has 0 unspecified atom stereocenters. The van der Waals surface area contributed by atoms with Gasteiger partial charge in [-0.1, -0.05) is 11.8 Å². The highest BCUT2D eigenvalue weighted by Gasteiger charge is 2.32. The Labute approximate surface area is 129 Å². The fraction of sp³-hybridized carbons (Fsp3) is 0.357. The van der Waals surface area contributed by atoms with Crippen molar-refractivity contribution in [2.45, 2.75) is 30.5 Å². The van der Waals surface area contributed by atoms with Gasteiger partial charge in [0.25, 0.3) is 0 Å². The lowest BCUT2D eigenvalue weighted by Crippen LogP contribution is -2.14. The number of alkyl halides is 2. The van der Waals surface area contributed by atoms with E-state index in [2.05, 4.69) is 20.0 Å². The topological polar surface area (TPSA) is 52.3 Å². The summed E-state index contributed by atoms with van der Waals surface area (Å²) in [5.74, 6) is 2.20. The molecule has 0 spiro atoms. The Bertz CT molecular complexity index is 725. The van der Waals surface area contributed by atoms with Gasteiger partial charge in [-0.15, -0.1) is 10.2 Å². The van der Waals surface area contributed by atoms with Gasteiger partial charge < -0.3 is 4.74 Å². The Kier molecular flexibility index (Phi) is 3.33. The maximum Gasteiger partial charge on any atom is 0.387 e. The Morgan fingerprint density at radius 2 is 1.95 bits per heavy atom. The number of rotatable bonds is 4. The van der Waals surface area contributed by atoms with Crippen LogP contribution in [0.15, 0.2) is 34.5 Å². The van der Waals surface area contributed by atoms with Crippen molar-refractivity contribution in [1.29, 1.82) is 0 Å². The zero-order valence-electron chi connectivity index (χ0n) is 11.4. The fourth-order valence-electron chi connectivity index (χ4n) is 2.31. The van der Waals surface area contributed by atoms with Crippen LogP contribution in [0, 0.1) is 0 Å². The van der Waals surface area contributed by atoms with Gasteiger partial charge in [-0.05, 0) is 42.7 Å². The lowest BCUT2D eigenvalue weighted by atomic mass is 10.1. The maximum atomic E-state index is 12.2. The van der Waals surface area contributed by atoms with Crippen molar-refractivity contribution in [1.82, 2.24) is 14.9 Å². The van der Waals surface area contributed by atoms with Crippen LogP contribution >= 0.6 is 11.8 Å². The second-order valence-electron chi connectivity index (χ2n) is 5.17. The molecule has 1 aliphatic carbocycles. The predicted molar refractivity (Wildman–Crippen MR) is 77.7 cm³/mol. The van der Waals surface area contributed by atoms with E-state index in [0.717, 1.165) is 35.1 Å². The van der Waals surface area contributed by atoms with Crippen molar-refractivity contribution in [3.05, 3.63) is 35.7 Å². The van der Waals surface area contributed by atoms with Crippen LogP contribution in [-0.2, 0) is 0 Å². The average molecular weight is 322 g/mol. The third-order valence-corrected chi connectivity index (χ3v) is 4.48. The van der Waals surface area contributed by atoms with Crippen LogP contribution in [0.1, 0.15) is 30.1 Å². The second kappa shape index (κ2) is 5.35. The fourth-order valence-corrected chi connectivity index (χ4v) is 3.15. The molecule has 0 amide bonds. The summed E-state index contributed by atoms with van der Waals surface area (Å²) in [7, 11) is 0. The zero-order chi connectivity index (χ0) is 15.1. The third kappa shape index (κ3) is 2.58. The number of hydrogen-bond donors (Lipinski definition) is 0. The molecule has 2 heterocycles. The van der Waals surface area contributed by atoms with E-state index in [-0.39, 0.29) is 5.75 Å².